The van der Waals surface area contributed by atoms with E-state index in [9.17, 15) is 12.8 Å². The first-order chi connectivity index (χ1) is 14.0. The maximum atomic E-state index is 13.5. The summed E-state index contributed by atoms with van der Waals surface area (Å²) >= 11 is 0. The first-order valence-electron chi connectivity index (χ1n) is 9.79. The summed E-state index contributed by atoms with van der Waals surface area (Å²) in [5, 5.41) is 0. The Morgan fingerprint density at radius 1 is 0.862 bits per heavy atom. The van der Waals surface area contributed by atoms with Crippen LogP contribution in [0.25, 0.3) is 0 Å². The lowest BCUT2D eigenvalue weighted by molar-refractivity contribution is 0.305. The molecule has 1 saturated carbocycles. The summed E-state index contributed by atoms with van der Waals surface area (Å²) in [4.78, 5) is 0.369. The second-order valence-corrected chi connectivity index (χ2v) is 9.72. The molecule has 1 fully saturated rings. The van der Waals surface area contributed by atoms with Gasteiger partial charge in [-0.3, -0.25) is 0 Å². The quantitative estimate of drug-likeness (QED) is 0.528. The summed E-state index contributed by atoms with van der Waals surface area (Å²) in [6, 6.07) is 22.3. The number of ether oxygens (including phenoxy) is 1. The molecule has 0 heterocycles. The molecule has 0 radical (unpaired) electrons. The largest absolute Gasteiger partial charge is 0.489 e. The van der Waals surface area contributed by atoms with Gasteiger partial charge in [-0.1, -0.05) is 55.3 Å². The van der Waals surface area contributed by atoms with Crippen molar-refractivity contribution in [3.63, 3.8) is 0 Å². The number of benzene rings is 3. The Labute approximate surface area is 171 Å². The molecular formula is C24H23FO3S. The molecule has 150 valence electrons. The van der Waals surface area contributed by atoms with Gasteiger partial charge in [-0.2, -0.15) is 0 Å². The van der Waals surface area contributed by atoms with Crippen LogP contribution in [0.15, 0.2) is 83.8 Å². The fourth-order valence-electron chi connectivity index (χ4n) is 4.13. The first-order valence-corrected chi connectivity index (χ1v) is 11.3. The number of halogens is 1. The van der Waals surface area contributed by atoms with Crippen LogP contribution in [-0.2, 0) is 21.2 Å². The van der Waals surface area contributed by atoms with Gasteiger partial charge in [0.25, 0.3) is 0 Å². The van der Waals surface area contributed by atoms with Gasteiger partial charge in [-0.15, -0.1) is 0 Å². The standard InChI is InChI=1S/C24H23FO3S/c25-21-8-6-7-19(17-21)18-28-22-13-11-20(12-14-22)24(15-4-5-16-24)29(26,27)23-9-2-1-3-10-23/h1-3,6-14,17H,4-5,15-16,18H2. The minimum Gasteiger partial charge on any atom is -0.489 e. The molecule has 0 amide bonds. The third-order valence-corrected chi connectivity index (χ3v) is 8.22. The Bertz CT molecular complexity index is 1070. The number of sulfone groups is 1. The van der Waals surface area contributed by atoms with Crippen LogP contribution in [0.3, 0.4) is 0 Å². The molecule has 4 rings (SSSR count). The van der Waals surface area contributed by atoms with Gasteiger partial charge in [0.05, 0.1) is 4.90 Å². The molecule has 0 spiro atoms. The third-order valence-electron chi connectivity index (χ3n) is 5.65. The van der Waals surface area contributed by atoms with E-state index < -0.39 is 14.6 Å². The smallest absolute Gasteiger partial charge is 0.188 e. The Hall–Kier alpha value is -2.66. The van der Waals surface area contributed by atoms with E-state index in [0.717, 1.165) is 24.0 Å². The van der Waals surface area contributed by atoms with Crippen molar-refractivity contribution in [2.24, 2.45) is 0 Å². The van der Waals surface area contributed by atoms with Gasteiger partial charge >= 0.3 is 0 Å². The summed E-state index contributed by atoms with van der Waals surface area (Å²) in [5.74, 6) is 0.332. The molecule has 0 N–H and O–H groups in total. The summed E-state index contributed by atoms with van der Waals surface area (Å²) < 4.78 is 45.2. The average molecular weight is 411 g/mol. The SMILES string of the molecule is O=S(=O)(c1ccccc1)C1(c2ccc(OCc3cccc(F)c3)cc2)CCCC1. The number of hydrogen-bond acceptors (Lipinski definition) is 3. The Kier molecular flexibility index (Phi) is 5.41. The van der Waals surface area contributed by atoms with Crippen LogP contribution in [0, 0.1) is 5.82 Å². The van der Waals surface area contributed by atoms with E-state index in [1.165, 1.54) is 12.1 Å². The van der Waals surface area contributed by atoms with Gasteiger partial charge in [-0.05, 0) is 60.4 Å². The predicted octanol–water partition coefficient (Wildman–Crippen LogP) is 5.65. The van der Waals surface area contributed by atoms with Crippen LogP contribution < -0.4 is 4.74 Å². The van der Waals surface area contributed by atoms with Crippen molar-refractivity contribution in [1.82, 2.24) is 0 Å². The molecule has 0 atom stereocenters. The van der Waals surface area contributed by atoms with Crippen LogP contribution in [-0.4, -0.2) is 8.42 Å². The van der Waals surface area contributed by atoms with Gasteiger partial charge in [0.15, 0.2) is 9.84 Å². The lowest BCUT2D eigenvalue weighted by atomic mass is 9.96. The van der Waals surface area contributed by atoms with Crippen molar-refractivity contribution in [3.8, 4) is 5.75 Å². The van der Waals surface area contributed by atoms with Crippen LogP contribution in [0.4, 0.5) is 4.39 Å². The summed E-state index contributed by atoms with van der Waals surface area (Å²) in [7, 11) is -3.51. The molecular weight excluding hydrogens is 387 g/mol. The first kappa shape index (κ1) is 19.6. The molecule has 1 aliphatic rings. The molecule has 0 aliphatic heterocycles. The van der Waals surface area contributed by atoms with E-state index >= 15 is 0 Å². The summed E-state index contributed by atoms with van der Waals surface area (Å²) in [6.45, 7) is 0.255. The third kappa shape index (κ3) is 3.79. The lowest BCUT2D eigenvalue weighted by Crippen LogP contribution is -2.33. The minimum atomic E-state index is -3.51. The monoisotopic (exact) mass is 410 g/mol. The Morgan fingerprint density at radius 3 is 2.21 bits per heavy atom. The van der Waals surface area contributed by atoms with Gasteiger partial charge in [0, 0.05) is 0 Å². The maximum Gasteiger partial charge on any atom is 0.188 e. The number of hydrogen-bond donors (Lipinski definition) is 0. The number of rotatable bonds is 6. The molecule has 0 saturated heterocycles. The van der Waals surface area contributed by atoms with E-state index in [4.69, 9.17) is 4.74 Å². The normalized spacial score (nSPS) is 15.9. The molecule has 29 heavy (non-hydrogen) atoms. The highest BCUT2D eigenvalue weighted by atomic mass is 32.2. The van der Waals surface area contributed by atoms with Crippen LogP contribution >= 0.6 is 0 Å². The van der Waals surface area contributed by atoms with E-state index in [1.54, 1.807) is 48.5 Å². The van der Waals surface area contributed by atoms with Crippen LogP contribution in [0.5, 0.6) is 5.75 Å². The van der Waals surface area contributed by atoms with Gasteiger partial charge in [0.2, 0.25) is 0 Å². The molecule has 1 aliphatic carbocycles. The summed E-state index contributed by atoms with van der Waals surface area (Å²) in [5.41, 5.74) is 1.55. The zero-order chi connectivity index (χ0) is 20.3. The van der Waals surface area contributed by atoms with Crippen molar-refractivity contribution in [3.05, 3.63) is 95.8 Å². The fraction of sp³-hybridized carbons (Fsp3) is 0.250. The van der Waals surface area contributed by atoms with E-state index in [2.05, 4.69) is 0 Å². The van der Waals surface area contributed by atoms with Crippen LogP contribution in [0.2, 0.25) is 0 Å². The topological polar surface area (TPSA) is 43.4 Å². The zero-order valence-electron chi connectivity index (χ0n) is 16.1. The molecule has 0 bridgehead atoms. The van der Waals surface area contributed by atoms with Gasteiger partial charge in [-0.25, -0.2) is 12.8 Å². The molecule has 3 aromatic carbocycles. The lowest BCUT2D eigenvalue weighted by Gasteiger charge is -2.29. The van der Waals surface area contributed by atoms with Crippen molar-refractivity contribution < 1.29 is 17.5 Å². The molecule has 3 aromatic rings. The Morgan fingerprint density at radius 2 is 1.55 bits per heavy atom. The average Bonchev–Trinajstić information content (AvgIpc) is 3.25. The van der Waals surface area contributed by atoms with Crippen LogP contribution in [0.1, 0.15) is 36.8 Å². The fourth-order valence-corrected chi connectivity index (χ4v) is 6.37. The zero-order valence-corrected chi connectivity index (χ0v) is 16.9. The maximum absolute atomic E-state index is 13.5. The second kappa shape index (κ2) is 7.99. The Balaban J connectivity index is 1.59. The van der Waals surface area contributed by atoms with Gasteiger partial charge in [0.1, 0.15) is 22.9 Å². The molecule has 5 heteroatoms. The molecule has 0 aromatic heterocycles. The van der Waals surface area contributed by atoms with Gasteiger partial charge < -0.3 is 4.74 Å². The highest BCUT2D eigenvalue weighted by Gasteiger charge is 2.48. The summed E-state index contributed by atoms with van der Waals surface area (Å²) in [6.07, 6.45) is 3.02. The van der Waals surface area contributed by atoms with Crippen molar-refractivity contribution in [1.29, 1.82) is 0 Å². The minimum absolute atomic E-state index is 0.255. The van der Waals surface area contributed by atoms with E-state index in [0.29, 0.717) is 23.5 Å². The second-order valence-electron chi connectivity index (χ2n) is 7.46. The van der Waals surface area contributed by atoms with Crippen molar-refractivity contribution in [2.45, 2.75) is 41.9 Å². The van der Waals surface area contributed by atoms with Crippen molar-refractivity contribution >= 4 is 9.84 Å². The highest BCUT2D eigenvalue weighted by molar-refractivity contribution is 7.92. The molecule has 3 nitrogen and oxygen atoms in total. The highest BCUT2D eigenvalue weighted by Crippen LogP contribution is 2.48. The van der Waals surface area contributed by atoms with E-state index in [-0.39, 0.29) is 12.4 Å². The van der Waals surface area contributed by atoms with Crippen molar-refractivity contribution in [2.75, 3.05) is 0 Å². The molecule has 0 unspecified atom stereocenters. The predicted molar refractivity (Wildman–Crippen MR) is 111 cm³/mol. The van der Waals surface area contributed by atoms with E-state index in [1.807, 2.05) is 18.2 Å².